The number of benzene rings is 3. The fraction of sp³-hybridized carbons (Fsp3) is 0.250. The van der Waals surface area contributed by atoms with Crippen molar-refractivity contribution in [2.24, 2.45) is 0 Å². The van der Waals surface area contributed by atoms with Gasteiger partial charge in [-0.2, -0.15) is 0 Å². The molecule has 1 fully saturated rings. The zero-order valence-electron chi connectivity index (χ0n) is 22.6. The van der Waals surface area contributed by atoms with Gasteiger partial charge in [0.05, 0.1) is 11.6 Å². The Labute approximate surface area is 229 Å². The van der Waals surface area contributed by atoms with Gasteiger partial charge in [-0.3, -0.25) is 9.59 Å². The maximum Gasteiger partial charge on any atom is 0.295 e. The highest BCUT2D eigenvalue weighted by Gasteiger charge is 2.45. The molecule has 39 heavy (non-hydrogen) atoms. The molecule has 0 spiro atoms. The van der Waals surface area contributed by atoms with Crippen molar-refractivity contribution in [1.82, 2.24) is 9.80 Å². The van der Waals surface area contributed by atoms with E-state index in [0.717, 1.165) is 11.1 Å². The first-order valence-corrected chi connectivity index (χ1v) is 12.8. The van der Waals surface area contributed by atoms with E-state index in [2.05, 4.69) is 12.6 Å². The minimum atomic E-state index is -0.726. The first-order valence-electron chi connectivity index (χ1n) is 12.8. The molecular weight excluding hydrogens is 492 g/mol. The van der Waals surface area contributed by atoms with Crippen LogP contribution in [0.15, 0.2) is 91.0 Å². The van der Waals surface area contributed by atoms with Crippen molar-refractivity contribution in [2.75, 3.05) is 33.8 Å². The summed E-state index contributed by atoms with van der Waals surface area (Å²) >= 11 is 0. The molecule has 1 amide bonds. The lowest BCUT2D eigenvalue weighted by Gasteiger charge is -2.26. The SMILES string of the molecule is C=CCOc1ccc([C@@H]2/C(=C(\O)c3ccc(OCc4cccc(C)c4)cc3)C(=O)C(=O)N2CCN(C)C)cc1. The number of ketones is 1. The third kappa shape index (κ3) is 6.56. The van der Waals surface area contributed by atoms with Crippen LogP contribution in [0.3, 0.4) is 0 Å². The van der Waals surface area contributed by atoms with Crippen molar-refractivity contribution in [1.29, 1.82) is 0 Å². The molecule has 3 aromatic carbocycles. The van der Waals surface area contributed by atoms with Gasteiger partial charge in [-0.05, 0) is 68.5 Å². The van der Waals surface area contributed by atoms with Crippen LogP contribution in [0.4, 0.5) is 0 Å². The Balaban J connectivity index is 1.63. The van der Waals surface area contributed by atoms with Crippen molar-refractivity contribution in [3.63, 3.8) is 0 Å². The Morgan fingerprint density at radius 3 is 2.31 bits per heavy atom. The highest BCUT2D eigenvalue weighted by Crippen LogP contribution is 2.40. The Kier molecular flexibility index (Phi) is 8.84. The van der Waals surface area contributed by atoms with Crippen molar-refractivity contribution < 1.29 is 24.2 Å². The van der Waals surface area contributed by atoms with E-state index < -0.39 is 17.7 Å². The van der Waals surface area contributed by atoms with Gasteiger partial charge < -0.3 is 24.4 Å². The van der Waals surface area contributed by atoms with E-state index in [0.29, 0.717) is 48.9 Å². The van der Waals surface area contributed by atoms with Crippen LogP contribution in [0.2, 0.25) is 0 Å². The largest absolute Gasteiger partial charge is 0.507 e. The average Bonchev–Trinajstić information content (AvgIpc) is 3.19. The molecule has 1 aliphatic rings. The number of aryl methyl sites for hydroxylation is 1. The minimum absolute atomic E-state index is 0.0620. The molecule has 0 radical (unpaired) electrons. The molecule has 4 rings (SSSR count). The second-order valence-corrected chi connectivity index (χ2v) is 9.77. The fourth-order valence-corrected chi connectivity index (χ4v) is 4.50. The molecule has 0 bridgehead atoms. The van der Waals surface area contributed by atoms with Crippen LogP contribution in [-0.4, -0.2) is 60.4 Å². The zero-order chi connectivity index (χ0) is 27.9. The predicted octanol–water partition coefficient (Wildman–Crippen LogP) is 5.12. The van der Waals surface area contributed by atoms with Crippen molar-refractivity contribution in [2.45, 2.75) is 19.6 Å². The zero-order valence-corrected chi connectivity index (χ0v) is 22.6. The second-order valence-electron chi connectivity index (χ2n) is 9.77. The molecule has 0 aromatic heterocycles. The van der Waals surface area contributed by atoms with Gasteiger partial charge in [0.2, 0.25) is 0 Å². The van der Waals surface area contributed by atoms with Gasteiger partial charge in [0, 0.05) is 18.7 Å². The van der Waals surface area contributed by atoms with Crippen LogP contribution >= 0.6 is 0 Å². The van der Waals surface area contributed by atoms with Gasteiger partial charge in [-0.25, -0.2) is 0 Å². The van der Waals surface area contributed by atoms with Crippen LogP contribution in [0.5, 0.6) is 11.5 Å². The Morgan fingerprint density at radius 1 is 1.00 bits per heavy atom. The molecule has 1 N–H and O–H groups in total. The Morgan fingerprint density at radius 2 is 1.67 bits per heavy atom. The smallest absolute Gasteiger partial charge is 0.295 e. The number of nitrogens with zero attached hydrogens (tertiary/aromatic N) is 2. The number of hydrogen-bond donors (Lipinski definition) is 1. The summed E-state index contributed by atoms with van der Waals surface area (Å²) < 4.78 is 11.5. The van der Waals surface area contributed by atoms with Crippen LogP contribution in [0.1, 0.15) is 28.3 Å². The summed E-state index contributed by atoms with van der Waals surface area (Å²) in [7, 11) is 3.81. The maximum absolute atomic E-state index is 13.2. The average molecular weight is 527 g/mol. The van der Waals surface area contributed by atoms with Gasteiger partial charge in [0.15, 0.2) is 0 Å². The molecule has 7 nitrogen and oxygen atoms in total. The van der Waals surface area contributed by atoms with Gasteiger partial charge in [0.1, 0.15) is 30.5 Å². The number of aliphatic hydroxyl groups excluding tert-OH is 1. The summed E-state index contributed by atoms with van der Waals surface area (Å²) in [6.07, 6.45) is 1.66. The van der Waals surface area contributed by atoms with E-state index in [9.17, 15) is 14.7 Å². The normalized spacial score (nSPS) is 16.5. The minimum Gasteiger partial charge on any atom is -0.507 e. The van der Waals surface area contributed by atoms with Crippen molar-refractivity contribution in [3.8, 4) is 11.5 Å². The number of likely N-dealkylation sites (tertiary alicyclic amines) is 1. The van der Waals surface area contributed by atoms with Crippen LogP contribution in [-0.2, 0) is 16.2 Å². The number of hydrogen-bond acceptors (Lipinski definition) is 6. The number of ether oxygens (including phenoxy) is 2. The third-order valence-corrected chi connectivity index (χ3v) is 6.51. The fourth-order valence-electron chi connectivity index (χ4n) is 4.50. The van der Waals surface area contributed by atoms with Crippen LogP contribution in [0, 0.1) is 6.92 Å². The molecule has 1 atom stereocenters. The van der Waals surface area contributed by atoms with E-state index in [1.54, 1.807) is 42.5 Å². The number of rotatable bonds is 11. The van der Waals surface area contributed by atoms with Crippen LogP contribution < -0.4 is 9.47 Å². The first-order chi connectivity index (χ1) is 18.8. The number of amides is 1. The van der Waals surface area contributed by atoms with E-state index in [1.165, 1.54) is 4.90 Å². The van der Waals surface area contributed by atoms with Gasteiger partial charge in [-0.15, -0.1) is 0 Å². The van der Waals surface area contributed by atoms with Crippen molar-refractivity contribution >= 4 is 17.4 Å². The van der Waals surface area contributed by atoms with Crippen LogP contribution in [0.25, 0.3) is 5.76 Å². The molecule has 1 heterocycles. The highest BCUT2D eigenvalue weighted by molar-refractivity contribution is 6.46. The number of Topliss-reactive ketones (excluding diaryl/α,β-unsaturated/α-hetero) is 1. The van der Waals surface area contributed by atoms with Gasteiger partial charge in [0.25, 0.3) is 11.7 Å². The van der Waals surface area contributed by atoms with E-state index in [-0.39, 0.29) is 11.3 Å². The topological polar surface area (TPSA) is 79.3 Å². The lowest BCUT2D eigenvalue weighted by molar-refractivity contribution is -0.140. The van der Waals surface area contributed by atoms with Gasteiger partial charge in [-0.1, -0.05) is 54.6 Å². The number of likely N-dealkylation sites (N-methyl/N-ethyl adjacent to an activating group) is 1. The molecule has 1 saturated heterocycles. The molecule has 0 unspecified atom stereocenters. The summed E-state index contributed by atoms with van der Waals surface area (Å²) in [5.74, 6) is -0.282. The molecule has 3 aromatic rings. The van der Waals surface area contributed by atoms with Crippen molar-refractivity contribution in [3.05, 3.63) is 113 Å². The highest BCUT2D eigenvalue weighted by atomic mass is 16.5. The molecule has 0 aliphatic carbocycles. The molecule has 202 valence electrons. The second kappa shape index (κ2) is 12.5. The standard InChI is InChI=1S/C32H34N2O5/c1-5-19-38-26-13-9-24(10-14-26)29-28(31(36)32(37)34(29)18-17-33(3)4)30(35)25-11-15-27(16-12-25)39-21-23-8-6-7-22(2)20-23/h5-16,20,29,35H,1,17-19,21H2,2-4H3/b30-28+/t29-/m1/s1. The Hall–Kier alpha value is -4.36. The molecule has 0 saturated carbocycles. The quantitative estimate of drug-likeness (QED) is 0.162. The molecular formula is C32H34N2O5. The summed E-state index contributed by atoms with van der Waals surface area (Å²) in [5.41, 5.74) is 3.41. The summed E-state index contributed by atoms with van der Waals surface area (Å²) in [6, 6.07) is 21.4. The summed E-state index contributed by atoms with van der Waals surface area (Å²) in [4.78, 5) is 29.8. The summed E-state index contributed by atoms with van der Waals surface area (Å²) in [6.45, 7) is 7.37. The number of aliphatic hydroxyl groups is 1. The monoisotopic (exact) mass is 526 g/mol. The predicted molar refractivity (Wildman–Crippen MR) is 152 cm³/mol. The third-order valence-electron chi connectivity index (χ3n) is 6.51. The van der Waals surface area contributed by atoms with Gasteiger partial charge >= 0.3 is 0 Å². The lowest BCUT2D eigenvalue weighted by atomic mass is 9.95. The lowest BCUT2D eigenvalue weighted by Crippen LogP contribution is -2.35. The Bertz CT molecular complexity index is 1360. The van der Waals surface area contributed by atoms with E-state index in [1.807, 2.05) is 56.3 Å². The first kappa shape index (κ1) is 27.7. The molecule has 1 aliphatic heterocycles. The maximum atomic E-state index is 13.2. The van der Waals surface area contributed by atoms with E-state index in [4.69, 9.17) is 9.47 Å². The molecule has 7 heteroatoms. The summed E-state index contributed by atoms with van der Waals surface area (Å²) in [5, 5.41) is 11.3. The van der Waals surface area contributed by atoms with E-state index >= 15 is 0 Å². The number of carbonyl (C=O) groups is 2. The number of carbonyl (C=O) groups excluding carboxylic acids is 2.